The van der Waals surface area contributed by atoms with Gasteiger partial charge in [0, 0.05) is 19.5 Å². The van der Waals surface area contributed by atoms with Crippen molar-refractivity contribution in [3.05, 3.63) is 29.5 Å². The average molecular weight is 219 g/mol. The second kappa shape index (κ2) is 4.29. The predicted molar refractivity (Wildman–Crippen MR) is 59.1 cm³/mol. The van der Waals surface area contributed by atoms with Crippen molar-refractivity contribution < 1.29 is 14.6 Å². The van der Waals surface area contributed by atoms with Gasteiger partial charge in [-0.15, -0.1) is 0 Å². The van der Waals surface area contributed by atoms with Crippen LogP contribution in [0.15, 0.2) is 23.9 Å². The summed E-state index contributed by atoms with van der Waals surface area (Å²) in [6.45, 7) is 1.86. The molecule has 1 saturated heterocycles. The van der Waals surface area contributed by atoms with Crippen molar-refractivity contribution >= 4 is 5.94 Å². The number of rotatable bonds is 4. The minimum absolute atomic E-state index is 0.106. The number of hydrogen-bond acceptors (Lipinski definition) is 4. The van der Waals surface area contributed by atoms with Gasteiger partial charge in [-0.1, -0.05) is 6.07 Å². The minimum Gasteiger partial charge on any atom is -0.504 e. The van der Waals surface area contributed by atoms with Crippen LogP contribution in [0.5, 0.6) is 11.5 Å². The van der Waals surface area contributed by atoms with E-state index >= 15 is 0 Å². The summed E-state index contributed by atoms with van der Waals surface area (Å²) in [5.74, 6) is 2.48. The number of phenolic OH excluding ortho intramolecular Hbond substituents is 1. The standard InChI is InChI=1S/C12H13NO3/c1-16-12-7-9(2-3-11(12)15)6-10(8-14)13-4-5-13/h2-3,7,15H,4-6H2,1H3. The Kier molecular flexibility index (Phi) is 2.84. The van der Waals surface area contributed by atoms with Crippen molar-refractivity contribution in [2.75, 3.05) is 20.2 Å². The lowest BCUT2D eigenvalue weighted by Gasteiger charge is -2.08. The first-order valence-electron chi connectivity index (χ1n) is 5.09. The Morgan fingerprint density at radius 3 is 2.88 bits per heavy atom. The number of ether oxygens (including phenoxy) is 1. The van der Waals surface area contributed by atoms with Crippen molar-refractivity contribution in [2.45, 2.75) is 6.42 Å². The first kappa shape index (κ1) is 10.6. The van der Waals surface area contributed by atoms with Crippen LogP contribution in [0.3, 0.4) is 0 Å². The highest BCUT2D eigenvalue weighted by molar-refractivity contribution is 5.54. The summed E-state index contributed by atoms with van der Waals surface area (Å²) in [7, 11) is 1.50. The van der Waals surface area contributed by atoms with Gasteiger partial charge in [-0.05, 0) is 17.7 Å². The number of hydrogen-bond donors (Lipinski definition) is 1. The van der Waals surface area contributed by atoms with Crippen LogP contribution in [0, 0.1) is 0 Å². The molecule has 4 heteroatoms. The molecular weight excluding hydrogens is 206 g/mol. The summed E-state index contributed by atoms with van der Waals surface area (Å²) in [4.78, 5) is 12.7. The second-order valence-corrected chi connectivity index (χ2v) is 3.72. The highest BCUT2D eigenvalue weighted by atomic mass is 16.5. The Bertz CT molecular complexity index is 446. The monoisotopic (exact) mass is 219 g/mol. The third-order valence-corrected chi connectivity index (χ3v) is 2.56. The van der Waals surface area contributed by atoms with E-state index in [1.165, 1.54) is 7.11 Å². The molecule has 2 rings (SSSR count). The molecule has 1 aromatic carbocycles. The van der Waals surface area contributed by atoms with E-state index in [1.807, 2.05) is 10.8 Å². The van der Waals surface area contributed by atoms with Gasteiger partial charge in [0.05, 0.1) is 7.11 Å². The molecule has 0 bridgehead atoms. The number of allylic oxidation sites excluding steroid dienone is 1. The fraction of sp³-hybridized carbons (Fsp3) is 0.333. The smallest absolute Gasteiger partial charge is 0.160 e. The maximum Gasteiger partial charge on any atom is 0.160 e. The summed E-state index contributed by atoms with van der Waals surface area (Å²) in [6.07, 6.45) is 0.528. The van der Waals surface area contributed by atoms with E-state index in [2.05, 4.69) is 0 Å². The van der Waals surface area contributed by atoms with Gasteiger partial charge in [-0.2, -0.15) is 0 Å². The van der Waals surface area contributed by atoms with Crippen LogP contribution in [0.25, 0.3) is 0 Å². The highest BCUT2D eigenvalue weighted by Gasteiger charge is 2.21. The first-order chi connectivity index (χ1) is 7.74. The molecule has 0 aromatic heterocycles. The van der Waals surface area contributed by atoms with Gasteiger partial charge < -0.3 is 14.7 Å². The Morgan fingerprint density at radius 1 is 1.56 bits per heavy atom. The number of nitrogens with zero attached hydrogens (tertiary/aromatic N) is 1. The molecule has 4 nitrogen and oxygen atoms in total. The molecule has 0 unspecified atom stereocenters. The van der Waals surface area contributed by atoms with Gasteiger partial charge >= 0.3 is 0 Å². The largest absolute Gasteiger partial charge is 0.504 e. The number of phenols is 1. The predicted octanol–water partition coefficient (Wildman–Crippen LogP) is 0.974. The molecule has 1 N–H and O–H groups in total. The van der Waals surface area contributed by atoms with E-state index in [1.54, 1.807) is 18.2 Å². The average Bonchev–Trinajstić information content (AvgIpc) is 3.12. The van der Waals surface area contributed by atoms with E-state index < -0.39 is 0 Å². The molecule has 1 aliphatic heterocycles. The SMILES string of the molecule is COc1cc(CC(=C=O)N2CC2)ccc1O. The van der Waals surface area contributed by atoms with Crippen LogP contribution < -0.4 is 4.74 Å². The quantitative estimate of drug-likeness (QED) is 0.605. The van der Waals surface area contributed by atoms with Crippen LogP contribution in [-0.2, 0) is 11.2 Å². The van der Waals surface area contributed by atoms with Crippen molar-refractivity contribution in [1.82, 2.24) is 4.90 Å². The lowest BCUT2D eigenvalue weighted by atomic mass is 10.1. The zero-order valence-electron chi connectivity index (χ0n) is 9.06. The van der Waals surface area contributed by atoms with Gasteiger partial charge in [0.2, 0.25) is 0 Å². The Balaban J connectivity index is 2.17. The first-order valence-corrected chi connectivity index (χ1v) is 5.09. The number of carbonyl (C=O) groups excluding carboxylic acids is 1. The molecule has 1 aromatic rings. The second-order valence-electron chi connectivity index (χ2n) is 3.72. The Labute approximate surface area is 93.8 Å². The van der Waals surface area contributed by atoms with Crippen molar-refractivity contribution in [3.63, 3.8) is 0 Å². The fourth-order valence-corrected chi connectivity index (χ4v) is 1.56. The molecule has 0 spiro atoms. The van der Waals surface area contributed by atoms with Gasteiger partial charge in [0.25, 0.3) is 0 Å². The zero-order valence-corrected chi connectivity index (χ0v) is 9.06. The van der Waals surface area contributed by atoms with Crippen molar-refractivity contribution in [3.8, 4) is 11.5 Å². The van der Waals surface area contributed by atoms with E-state index in [-0.39, 0.29) is 5.75 Å². The fourth-order valence-electron chi connectivity index (χ4n) is 1.56. The summed E-state index contributed by atoms with van der Waals surface area (Å²) in [5, 5.41) is 9.43. The highest BCUT2D eigenvalue weighted by Crippen LogP contribution is 2.28. The molecule has 0 amide bonds. The molecular formula is C12H13NO3. The van der Waals surface area contributed by atoms with E-state index in [4.69, 9.17) is 4.74 Å². The van der Waals surface area contributed by atoms with Crippen LogP contribution in [0.4, 0.5) is 0 Å². The molecule has 16 heavy (non-hydrogen) atoms. The lowest BCUT2D eigenvalue weighted by molar-refractivity contribution is 0.373. The summed E-state index contributed by atoms with van der Waals surface area (Å²) >= 11 is 0. The van der Waals surface area contributed by atoms with Crippen molar-refractivity contribution in [2.24, 2.45) is 0 Å². The van der Waals surface area contributed by atoms with E-state index in [0.29, 0.717) is 17.9 Å². The maximum absolute atomic E-state index is 10.7. The van der Waals surface area contributed by atoms with Gasteiger partial charge in [0.15, 0.2) is 11.5 Å². The molecule has 0 radical (unpaired) electrons. The Morgan fingerprint density at radius 2 is 2.31 bits per heavy atom. The van der Waals surface area contributed by atoms with Crippen LogP contribution in [0.2, 0.25) is 0 Å². The summed E-state index contributed by atoms with van der Waals surface area (Å²) < 4.78 is 5.01. The van der Waals surface area contributed by atoms with Crippen molar-refractivity contribution in [1.29, 1.82) is 0 Å². The molecule has 84 valence electrons. The number of methoxy groups -OCH3 is 1. The molecule has 0 saturated carbocycles. The third-order valence-electron chi connectivity index (χ3n) is 2.56. The number of aromatic hydroxyl groups is 1. The topological polar surface area (TPSA) is 49.5 Å². The minimum atomic E-state index is 0.106. The van der Waals surface area contributed by atoms with E-state index in [0.717, 1.165) is 18.7 Å². The number of benzene rings is 1. The molecule has 0 aliphatic carbocycles. The zero-order chi connectivity index (χ0) is 11.5. The summed E-state index contributed by atoms with van der Waals surface area (Å²) in [6, 6.07) is 5.08. The van der Waals surface area contributed by atoms with Crippen LogP contribution >= 0.6 is 0 Å². The summed E-state index contributed by atoms with van der Waals surface area (Å²) in [5.41, 5.74) is 1.59. The van der Waals surface area contributed by atoms with Gasteiger partial charge in [-0.25, -0.2) is 4.79 Å². The molecule has 1 heterocycles. The van der Waals surface area contributed by atoms with Crippen LogP contribution in [-0.4, -0.2) is 36.1 Å². The van der Waals surface area contributed by atoms with Gasteiger partial charge in [-0.3, -0.25) is 0 Å². The van der Waals surface area contributed by atoms with Gasteiger partial charge in [0.1, 0.15) is 11.6 Å². The van der Waals surface area contributed by atoms with E-state index in [9.17, 15) is 9.90 Å². The normalized spacial score (nSPS) is 13.2. The Hall–Kier alpha value is -1.93. The maximum atomic E-state index is 10.7. The lowest BCUT2D eigenvalue weighted by Crippen LogP contribution is -2.02. The molecule has 1 aliphatic rings. The third kappa shape index (κ3) is 2.18. The van der Waals surface area contributed by atoms with Crippen LogP contribution in [0.1, 0.15) is 5.56 Å². The molecule has 1 fully saturated rings. The molecule has 0 atom stereocenters.